The van der Waals surface area contributed by atoms with Gasteiger partial charge in [0.1, 0.15) is 0 Å². The Kier molecular flexibility index (Phi) is 2.66. The summed E-state index contributed by atoms with van der Waals surface area (Å²) in [5.74, 6) is 0. The van der Waals surface area contributed by atoms with Crippen molar-refractivity contribution in [3.63, 3.8) is 0 Å². The molecule has 0 radical (unpaired) electrons. The zero-order chi connectivity index (χ0) is 7.40. The summed E-state index contributed by atoms with van der Waals surface area (Å²) in [5.41, 5.74) is 1.00. The van der Waals surface area contributed by atoms with Crippen LogP contribution >= 0.6 is 11.3 Å². The fourth-order valence-electron chi connectivity index (χ4n) is 0.758. The molecule has 1 N–H and O–H groups in total. The van der Waals surface area contributed by atoms with Gasteiger partial charge in [-0.3, -0.25) is 0 Å². The minimum atomic E-state index is 0.146. The van der Waals surface area contributed by atoms with Crippen molar-refractivity contribution in [2.45, 2.75) is 13.0 Å². The monoisotopic (exact) mass is 154 g/mol. The molecule has 1 rings (SSSR count). The van der Waals surface area contributed by atoms with Gasteiger partial charge in [-0.2, -0.15) is 0 Å². The molecule has 0 atom stereocenters. The van der Waals surface area contributed by atoms with Gasteiger partial charge in [0.25, 0.3) is 0 Å². The summed E-state index contributed by atoms with van der Waals surface area (Å²) >= 11 is 1.67. The van der Waals surface area contributed by atoms with Gasteiger partial charge in [-0.05, 0) is 23.4 Å². The molecular weight excluding hydrogens is 144 g/mol. The third-order valence-electron chi connectivity index (χ3n) is 1.24. The Morgan fingerprint density at radius 3 is 3.00 bits per heavy atom. The van der Waals surface area contributed by atoms with Crippen molar-refractivity contribution in [1.29, 1.82) is 0 Å². The molecule has 10 heavy (non-hydrogen) atoms. The van der Waals surface area contributed by atoms with Gasteiger partial charge in [-0.25, -0.2) is 0 Å². The largest absolute Gasteiger partial charge is 0.392 e. The SMILES string of the molecule is C=CCc1cc(CO)cs1. The number of allylic oxidation sites excluding steroid dienone is 1. The minimum Gasteiger partial charge on any atom is -0.392 e. The van der Waals surface area contributed by atoms with Crippen LogP contribution in [0.1, 0.15) is 10.4 Å². The summed E-state index contributed by atoms with van der Waals surface area (Å²) in [6, 6.07) is 2.01. The highest BCUT2D eigenvalue weighted by molar-refractivity contribution is 7.10. The molecule has 0 amide bonds. The van der Waals surface area contributed by atoms with Crippen molar-refractivity contribution in [1.82, 2.24) is 0 Å². The third kappa shape index (κ3) is 1.69. The van der Waals surface area contributed by atoms with Gasteiger partial charge in [-0.1, -0.05) is 6.08 Å². The summed E-state index contributed by atoms with van der Waals surface area (Å²) in [5, 5.41) is 10.7. The second-order valence-electron chi connectivity index (χ2n) is 2.07. The summed E-state index contributed by atoms with van der Waals surface area (Å²) < 4.78 is 0. The highest BCUT2D eigenvalue weighted by Gasteiger charge is 1.94. The molecule has 1 aromatic heterocycles. The maximum Gasteiger partial charge on any atom is 0.0690 e. The molecule has 1 aromatic rings. The van der Waals surface area contributed by atoms with Crippen molar-refractivity contribution < 1.29 is 5.11 Å². The van der Waals surface area contributed by atoms with E-state index in [0.29, 0.717) is 0 Å². The molecule has 1 heterocycles. The van der Waals surface area contributed by atoms with Crippen molar-refractivity contribution in [2.24, 2.45) is 0 Å². The highest BCUT2D eigenvalue weighted by Crippen LogP contribution is 2.14. The molecule has 1 nitrogen and oxygen atoms in total. The van der Waals surface area contributed by atoms with Crippen molar-refractivity contribution in [3.8, 4) is 0 Å². The number of hydrogen-bond donors (Lipinski definition) is 1. The lowest BCUT2D eigenvalue weighted by atomic mass is 10.3. The smallest absolute Gasteiger partial charge is 0.0690 e. The Hall–Kier alpha value is -0.600. The molecule has 0 saturated carbocycles. The Morgan fingerprint density at radius 2 is 2.50 bits per heavy atom. The lowest BCUT2D eigenvalue weighted by molar-refractivity contribution is 0.282. The normalized spacial score (nSPS) is 9.70. The number of aliphatic hydroxyl groups excluding tert-OH is 1. The molecule has 2 heteroatoms. The van der Waals surface area contributed by atoms with Crippen LogP contribution in [-0.2, 0) is 13.0 Å². The van der Waals surface area contributed by atoms with Gasteiger partial charge in [0.05, 0.1) is 6.61 Å². The van der Waals surface area contributed by atoms with Crippen LogP contribution in [0.4, 0.5) is 0 Å². The Morgan fingerprint density at radius 1 is 1.70 bits per heavy atom. The highest BCUT2D eigenvalue weighted by atomic mass is 32.1. The van der Waals surface area contributed by atoms with Crippen LogP contribution in [0, 0.1) is 0 Å². The van der Waals surface area contributed by atoms with Crippen molar-refractivity contribution in [3.05, 3.63) is 34.5 Å². The Balaban J connectivity index is 2.67. The van der Waals surface area contributed by atoms with E-state index in [2.05, 4.69) is 6.58 Å². The second-order valence-corrected chi connectivity index (χ2v) is 3.07. The fraction of sp³-hybridized carbons (Fsp3) is 0.250. The van der Waals surface area contributed by atoms with Gasteiger partial charge >= 0.3 is 0 Å². The summed E-state index contributed by atoms with van der Waals surface area (Å²) in [6.45, 7) is 3.78. The predicted molar refractivity (Wildman–Crippen MR) is 44.1 cm³/mol. The van der Waals surface area contributed by atoms with Crippen LogP contribution in [-0.4, -0.2) is 5.11 Å². The van der Waals surface area contributed by atoms with Gasteiger partial charge in [0.2, 0.25) is 0 Å². The van der Waals surface area contributed by atoms with Crippen molar-refractivity contribution in [2.75, 3.05) is 0 Å². The molecule has 0 spiro atoms. The summed E-state index contributed by atoms with van der Waals surface area (Å²) in [6.07, 6.45) is 2.78. The molecule has 0 aliphatic carbocycles. The first-order chi connectivity index (χ1) is 4.86. The molecule has 0 aliphatic heterocycles. The molecule has 0 aliphatic rings. The Bertz CT molecular complexity index is 215. The average Bonchev–Trinajstić information content (AvgIpc) is 2.37. The topological polar surface area (TPSA) is 20.2 Å². The van der Waals surface area contributed by atoms with E-state index in [9.17, 15) is 0 Å². The predicted octanol–water partition coefficient (Wildman–Crippen LogP) is 1.97. The van der Waals surface area contributed by atoms with Crippen LogP contribution in [0.15, 0.2) is 24.1 Å². The van der Waals surface area contributed by atoms with Gasteiger partial charge in [0, 0.05) is 4.88 Å². The standard InChI is InChI=1S/C8H10OS/c1-2-3-8-4-7(5-9)6-10-8/h2,4,6,9H,1,3,5H2. The molecule has 0 unspecified atom stereocenters. The lowest BCUT2D eigenvalue weighted by Crippen LogP contribution is -1.75. The van der Waals surface area contributed by atoms with Crippen LogP contribution in [0.2, 0.25) is 0 Å². The number of aliphatic hydroxyl groups is 1. The Labute approximate surface area is 64.6 Å². The molecule has 0 saturated heterocycles. The lowest BCUT2D eigenvalue weighted by Gasteiger charge is -1.84. The molecule has 0 fully saturated rings. The average molecular weight is 154 g/mol. The van der Waals surface area contributed by atoms with E-state index in [1.165, 1.54) is 4.88 Å². The summed E-state index contributed by atoms with van der Waals surface area (Å²) in [4.78, 5) is 1.26. The van der Waals surface area contributed by atoms with Crippen LogP contribution in [0.3, 0.4) is 0 Å². The third-order valence-corrected chi connectivity index (χ3v) is 2.24. The van der Waals surface area contributed by atoms with Gasteiger partial charge < -0.3 is 5.11 Å². The first-order valence-corrected chi connectivity index (χ1v) is 4.03. The van der Waals surface area contributed by atoms with E-state index in [4.69, 9.17) is 5.11 Å². The van der Waals surface area contributed by atoms with E-state index in [1.54, 1.807) is 11.3 Å². The van der Waals surface area contributed by atoms with Gasteiger partial charge in [-0.15, -0.1) is 17.9 Å². The molecule has 54 valence electrons. The van der Waals surface area contributed by atoms with E-state index < -0.39 is 0 Å². The van der Waals surface area contributed by atoms with Crippen LogP contribution < -0.4 is 0 Å². The number of thiophene rings is 1. The van der Waals surface area contributed by atoms with Crippen molar-refractivity contribution >= 4 is 11.3 Å². The first-order valence-electron chi connectivity index (χ1n) is 3.15. The zero-order valence-corrected chi connectivity index (χ0v) is 6.53. The van der Waals surface area contributed by atoms with E-state index >= 15 is 0 Å². The fourth-order valence-corrected chi connectivity index (χ4v) is 1.64. The maximum atomic E-state index is 8.70. The quantitative estimate of drug-likeness (QED) is 0.660. The maximum absolute atomic E-state index is 8.70. The summed E-state index contributed by atoms with van der Waals surface area (Å²) in [7, 11) is 0. The minimum absolute atomic E-state index is 0.146. The van der Waals surface area contributed by atoms with Crippen LogP contribution in [0.5, 0.6) is 0 Å². The zero-order valence-electron chi connectivity index (χ0n) is 5.71. The first kappa shape index (κ1) is 7.51. The second kappa shape index (κ2) is 3.54. The number of hydrogen-bond acceptors (Lipinski definition) is 2. The number of rotatable bonds is 3. The molecule has 0 bridgehead atoms. The van der Waals surface area contributed by atoms with E-state index in [-0.39, 0.29) is 6.61 Å². The van der Waals surface area contributed by atoms with E-state index in [1.807, 2.05) is 17.5 Å². The molecule has 0 aromatic carbocycles. The van der Waals surface area contributed by atoms with Gasteiger partial charge in [0.15, 0.2) is 0 Å². The van der Waals surface area contributed by atoms with E-state index in [0.717, 1.165) is 12.0 Å². The van der Waals surface area contributed by atoms with Crippen LogP contribution in [0.25, 0.3) is 0 Å². The molecular formula is C8H10OS.